The number of thiocarbonyl (C=S) groups is 1. The third-order valence-electron chi connectivity index (χ3n) is 5.75. The number of hydrogen-bond donors (Lipinski definition) is 4. The molecule has 5 rings (SSSR count). The number of H-pyrrole nitrogens is 1. The molecule has 3 aromatic carbocycles. The van der Waals surface area contributed by atoms with Gasteiger partial charge in [0.15, 0.2) is 16.6 Å². The zero-order chi connectivity index (χ0) is 25.9. The van der Waals surface area contributed by atoms with Crippen molar-refractivity contribution in [1.82, 2.24) is 15.3 Å². The van der Waals surface area contributed by atoms with E-state index in [4.69, 9.17) is 39.8 Å². The van der Waals surface area contributed by atoms with Gasteiger partial charge in [-0.3, -0.25) is 0 Å². The second-order valence-electron chi connectivity index (χ2n) is 8.25. The van der Waals surface area contributed by atoms with Crippen LogP contribution in [0.4, 0.5) is 5.69 Å². The van der Waals surface area contributed by atoms with Crippen LogP contribution in [0.5, 0.6) is 0 Å². The van der Waals surface area contributed by atoms with Crippen molar-refractivity contribution in [1.29, 1.82) is 0 Å². The number of aromatic carboxylic acids is 1. The summed E-state index contributed by atoms with van der Waals surface area (Å²) in [5, 5.41) is 18.2. The van der Waals surface area contributed by atoms with Gasteiger partial charge in [-0.25, -0.2) is 9.78 Å². The van der Waals surface area contributed by atoms with E-state index in [1.54, 1.807) is 24.4 Å². The van der Waals surface area contributed by atoms with Crippen molar-refractivity contribution < 1.29 is 14.3 Å². The molecule has 0 aliphatic carbocycles. The summed E-state index contributed by atoms with van der Waals surface area (Å²) in [5.41, 5.74) is 2.84. The minimum atomic E-state index is -1.19. The molecule has 0 saturated heterocycles. The molecule has 7 nitrogen and oxygen atoms in total. The van der Waals surface area contributed by atoms with Gasteiger partial charge in [0.1, 0.15) is 6.04 Å². The van der Waals surface area contributed by atoms with Gasteiger partial charge in [0.05, 0.1) is 10.7 Å². The molecule has 0 unspecified atom stereocenters. The van der Waals surface area contributed by atoms with E-state index in [-0.39, 0.29) is 22.5 Å². The highest BCUT2D eigenvalue weighted by Crippen LogP contribution is 2.34. The van der Waals surface area contributed by atoms with Crippen LogP contribution >= 0.6 is 35.4 Å². The Morgan fingerprint density at radius 1 is 1.08 bits per heavy atom. The Hall–Kier alpha value is -3.85. The molecule has 0 bridgehead atoms. The monoisotopic (exact) mass is 550 g/mol. The lowest BCUT2D eigenvalue weighted by Crippen LogP contribution is -2.33. The van der Waals surface area contributed by atoms with Gasteiger partial charge < -0.3 is 25.1 Å². The number of aromatic nitrogens is 2. The highest BCUT2D eigenvalue weighted by atomic mass is 35.5. The van der Waals surface area contributed by atoms with E-state index in [0.717, 1.165) is 16.5 Å². The fourth-order valence-corrected chi connectivity index (χ4v) is 4.74. The van der Waals surface area contributed by atoms with Crippen LogP contribution in [0.15, 0.2) is 83.4 Å². The molecule has 0 amide bonds. The van der Waals surface area contributed by atoms with Crippen molar-refractivity contribution in [2.75, 3.05) is 5.32 Å². The van der Waals surface area contributed by atoms with Crippen molar-refractivity contribution >= 4 is 63.1 Å². The van der Waals surface area contributed by atoms with Gasteiger partial charge in [0.25, 0.3) is 0 Å². The minimum Gasteiger partial charge on any atom is -0.476 e. The molecule has 186 valence electrons. The number of carboxylic acids is 1. The third-order valence-corrected chi connectivity index (χ3v) is 6.51. The standard InChI is InChI=1S/C27H20Cl2N4O3S/c28-16-10-11-21(19(29)13-16)31-27(37)32-22(12-15-6-2-1-3-7-15)25-33-23(26(34)35)24(36-25)18-14-30-20-9-5-4-8-17(18)20/h1-11,13-14,22,30H,12H2,(H,34,35)(H2,31,32,37)/t22-/m0/s1. The van der Waals surface area contributed by atoms with Crippen molar-refractivity contribution in [3.05, 3.63) is 106 Å². The molecule has 0 fully saturated rings. The molecule has 0 radical (unpaired) electrons. The average molecular weight is 551 g/mol. The number of aromatic amines is 1. The van der Waals surface area contributed by atoms with Gasteiger partial charge in [-0.05, 0) is 42.0 Å². The topological polar surface area (TPSA) is 103 Å². The van der Waals surface area contributed by atoms with Crippen LogP contribution in [0.2, 0.25) is 10.0 Å². The number of benzene rings is 3. The van der Waals surface area contributed by atoms with E-state index >= 15 is 0 Å². The number of carboxylic acid groups (broad SMARTS) is 1. The first-order valence-corrected chi connectivity index (χ1v) is 12.4. The predicted molar refractivity (Wildman–Crippen MR) is 149 cm³/mol. The maximum absolute atomic E-state index is 12.2. The largest absolute Gasteiger partial charge is 0.476 e. The van der Waals surface area contributed by atoms with Gasteiger partial charge in [-0.1, -0.05) is 71.7 Å². The molecule has 1 atom stereocenters. The molecular formula is C27H20Cl2N4O3S. The Morgan fingerprint density at radius 3 is 2.59 bits per heavy atom. The first-order valence-electron chi connectivity index (χ1n) is 11.3. The van der Waals surface area contributed by atoms with Crippen molar-refractivity contribution in [2.45, 2.75) is 12.5 Å². The van der Waals surface area contributed by atoms with Crippen LogP contribution < -0.4 is 10.6 Å². The lowest BCUT2D eigenvalue weighted by molar-refractivity contribution is 0.0691. The molecule has 2 aromatic heterocycles. The first-order chi connectivity index (χ1) is 17.9. The Morgan fingerprint density at radius 2 is 1.84 bits per heavy atom. The molecular weight excluding hydrogens is 531 g/mol. The summed E-state index contributed by atoms with van der Waals surface area (Å²) in [6, 6.07) is 21.7. The highest BCUT2D eigenvalue weighted by Gasteiger charge is 2.28. The second kappa shape index (κ2) is 10.6. The van der Waals surface area contributed by atoms with E-state index in [1.165, 1.54) is 0 Å². The summed E-state index contributed by atoms with van der Waals surface area (Å²) in [6.07, 6.45) is 2.15. The summed E-state index contributed by atoms with van der Waals surface area (Å²) < 4.78 is 6.15. The van der Waals surface area contributed by atoms with Gasteiger partial charge in [0.2, 0.25) is 5.89 Å². The Kier molecular flexibility index (Phi) is 7.14. The van der Waals surface area contributed by atoms with E-state index in [2.05, 4.69) is 20.6 Å². The van der Waals surface area contributed by atoms with Crippen LogP contribution in [0.25, 0.3) is 22.2 Å². The zero-order valence-electron chi connectivity index (χ0n) is 19.2. The first kappa shape index (κ1) is 24.8. The Labute approximate surface area is 227 Å². The summed E-state index contributed by atoms with van der Waals surface area (Å²) in [5.74, 6) is -0.838. The van der Waals surface area contributed by atoms with Crippen LogP contribution in [0.1, 0.15) is 28.0 Å². The van der Waals surface area contributed by atoms with Crippen molar-refractivity contribution in [3.8, 4) is 11.3 Å². The quantitative estimate of drug-likeness (QED) is 0.160. The van der Waals surface area contributed by atoms with E-state index < -0.39 is 12.0 Å². The summed E-state index contributed by atoms with van der Waals surface area (Å²) >= 11 is 17.8. The highest BCUT2D eigenvalue weighted by molar-refractivity contribution is 7.80. The van der Waals surface area contributed by atoms with Gasteiger partial charge in [0, 0.05) is 34.1 Å². The molecule has 0 aliphatic heterocycles. The van der Waals surface area contributed by atoms with E-state index in [1.807, 2.05) is 54.6 Å². The predicted octanol–water partition coefficient (Wildman–Crippen LogP) is 7.10. The number of carbonyl (C=O) groups is 1. The van der Waals surface area contributed by atoms with Crippen LogP contribution in [-0.2, 0) is 6.42 Å². The molecule has 0 spiro atoms. The SMILES string of the molecule is O=C(O)c1nc([C@H](Cc2ccccc2)NC(=S)Nc2ccc(Cl)cc2Cl)oc1-c1c[nH]c2ccccc12. The van der Waals surface area contributed by atoms with Crippen LogP contribution in [0.3, 0.4) is 0 Å². The number of halogens is 2. The average Bonchev–Trinajstić information content (AvgIpc) is 3.51. The summed E-state index contributed by atoms with van der Waals surface area (Å²) in [7, 11) is 0. The van der Waals surface area contributed by atoms with E-state index in [0.29, 0.717) is 27.7 Å². The number of hydrogen-bond acceptors (Lipinski definition) is 4. The third kappa shape index (κ3) is 5.46. The number of oxazole rings is 1. The summed E-state index contributed by atoms with van der Waals surface area (Å²) in [4.78, 5) is 19.7. The number of nitrogens with one attached hydrogen (secondary N) is 3. The Balaban J connectivity index is 1.51. The fraction of sp³-hybridized carbons (Fsp3) is 0.0741. The van der Waals surface area contributed by atoms with Crippen molar-refractivity contribution in [3.63, 3.8) is 0 Å². The zero-order valence-corrected chi connectivity index (χ0v) is 21.5. The minimum absolute atomic E-state index is 0.166. The molecule has 0 saturated carbocycles. The molecule has 4 N–H and O–H groups in total. The van der Waals surface area contributed by atoms with Crippen LogP contribution in [0, 0.1) is 0 Å². The lowest BCUT2D eigenvalue weighted by atomic mass is 10.1. The maximum atomic E-state index is 12.2. The Bertz CT molecular complexity index is 1600. The number of anilines is 1. The number of rotatable bonds is 7. The smallest absolute Gasteiger partial charge is 0.358 e. The summed E-state index contributed by atoms with van der Waals surface area (Å²) in [6.45, 7) is 0. The molecule has 5 aromatic rings. The second-order valence-corrected chi connectivity index (χ2v) is 9.50. The normalized spacial score (nSPS) is 11.8. The molecule has 10 heteroatoms. The number of nitrogens with zero attached hydrogens (tertiary/aromatic N) is 1. The van der Waals surface area contributed by atoms with Gasteiger partial charge >= 0.3 is 5.97 Å². The maximum Gasteiger partial charge on any atom is 0.358 e. The molecule has 2 heterocycles. The van der Waals surface area contributed by atoms with Crippen LogP contribution in [-0.4, -0.2) is 26.2 Å². The van der Waals surface area contributed by atoms with E-state index in [9.17, 15) is 9.90 Å². The van der Waals surface area contributed by atoms with Crippen molar-refractivity contribution in [2.24, 2.45) is 0 Å². The lowest BCUT2D eigenvalue weighted by Gasteiger charge is -2.19. The number of fused-ring (bicyclic) bond motifs is 1. The van der Waals surface area contributed by atoms with Gasteiger partial charge in [-0.15, -0.1) is 0 Å². The van der Waals surface area contributed by atoms with Gasteiger partial charge in [-0.2, -0.15) is 0 Å². The fourth-order valence-electron chi connectivity index (χ4n) is 4.03. The molecule has 0 aliphatic rings. The molecule has 37 heavy (non-hydrogen) atoms. The number of para-hydroxylation sites is 1.